The van der Waals surface area contributed by atoms with Gasteiger partial charge in [-0.3, -0.25) is 4.79 Å². The van der Waals surface area contributed by atoms with E-state index in [0.29, 0.717) is 0 Å². The molecule has 0 radical (unpaired) electrons. The molecule has 0 unspecified atom stereocenters. The summed E-state index contributed by atoms with van der Waals surface area (Å²) < 4.78 is 31.4. The lowest BCUT2D eigenvalue weighted by Gasteiger charge is -2.46. The largest absolute Gasteiger partial charge is 0.457 e. The van der Waals surface area contributed by atoms with E-state index in [1.165, 1.54) is 6.92 Å². The van der Waals surface area contributed by atoms with Crippen molar-refractivity contribution < 1.29 is 69.0 Å². The highest BCUT2D eigenvalue weighted by atomic mass is 16.8. The molecule has 0 spiro atoms. The van der Waals surface area contributed by atoms with E-state index in [1.807, 2.05) is 0 Å². The van der Waals surface area contributed by atoms with Gasteiger partial charge >= 0.3 is 5.97 Å². The van der Waals surface area contributed by atoms with Crippen molar-refractivity contribution in [2.45, 2.75) is 93.8 Å². The third-order valence-corrected chi connectivity index (χ3v) is 5.56. The number of carbonyl (C=O) groups is 1. The Morgan fingerprint density at radius 3 is 2.06 bits per heavy atom. The van der Waals surface area contributed by atoms with Crippen LogP contribution in [-0.4, -0.2) is 135 Å². The molecule has 3 rings (SSSR count). The number of hydrogen-bond acceptors (Lipinski definition) is 14. The van der Waals surface area contributed by atoms with Gasteiger partial charge in [0.05, 0.1) is 19.3 Å². The third-order valence-electron chi connectivity index (χ3n) is 5.56. The average Bonchev–Trinajstić information content (AvgIpc) is 2.73. The molecule has 3 aliphatic heterocycles. The molecule has 14 nitrogen and oxygen atoms in total. The Bertz CT molecular complexity index is 635. The van der Waals surface area contributed by atoms with Crippen molar-refractivity contribution in [3.63, 3.8) is 0 Å². The Kier molecular flexibility index (Phi) is 8.40. The van der Waals surface area contributed by atoms with Gasteiger partial charge in [0.2, 0.25) is 0 Å². The van der Waals surface area contributed by atoms with Gasteiger partial charge < -0.3 is 64.2 Å². The standard InChI is InChI=1S/C18H30O14/c1-5-14(31-17-12(24)10(22)8(4-28-17)30-6(2)19)11(23)13(25)18(29-5)32-15-9(21)7(20)3-27-16(15)26/h5,7-18,20-26H,3-4H2,1-2H3/t5-,7-,8+,9-,10-,11-,12+,13+,14-,15+,16+,17-,18-/m0/s1. The van der Waals surface area contributed by atoms with Crippen molar-refractivity contribution in [2.75, 3.05) is 13.2 Å². The molecule has 0 aromatic carbocycles. The summed E-state index contributed by atoms with van der Waals surface area (Å²) in [7, 11) is 0. The molecular formula is C18H30O14. The lowest BCUT2D eigenvalue weighted by Crippen LogP contribution is -2.64. The Morgan fingerprint density at radius 1 is 0.781 bits per heavy atom. The van der Waals surface area contributed by atoms with Gasteiger partial charge in [-0.25, -0.2) is 0 Å². The Hall–Kier alpha value is -1.01. The van der Waals surface area contributed by atoms with Crippen molar-refractivity contribution in [1.29, 1.82) is 0 Å². The maximum absolute atomic E-state index is 11.1. The maximum Gasteiger partial charge on any atom is 0.303 e. The van der Waals surface area contributed by atoms with Crippen LogP contribution in [-0.2, 0) is 33.2 Å². The van der Waals surface area contributed by atoms with E-state index in [4.69, 9.17) is 28.4 Å². The summed E-state index contributed by atoms with van der Waals surface area (Å²) in [4.78, 5) is 11.1. The zero-order valence-electron chi connectivity index (χ0n) is 17.4. The Morgan fingerprint density at radius 2 is 1.41 bits per heavy atom. The number of aliphatic hydroxyl groups excluding tert-OH is 7. The molecule has 0 aromatic rings. The van der Waals surface area contributed by atoms with Crippen LogP contribution in [0.3, 0.4) is 0 Å². The summed E-state index contributed by atoms with van der Waals surface area (Å²) in [6, 6.07) is 0. The summed E-state index contributed by atoms with van der Waals surface area (Å²) >= 11 is 0. The SMILES string of the molecule is CC(=O)O[C@@H]1CO[C@@H](O[C@@H]2[C@@H](O)[C@@H](O)[C@H](O[C@@H]3[C@@H](O)[C@@H](O)CO[C@H]3O)O[C@H]2C)[C@H](O)[C@H]1O. The highest BCUT2D eigenvalue weighted by molar-refractivity contribution is 5.66. The minimum absolute atomic E-state index is 0.283. The molecule has 0 saturated carbocycles. The van der Waals surface area contributed by atoms with E-state index < -0.39 is 85.9 Å². The highest BCUT2D eigenvalue weighted by Crippen LogP contribution is 2.30. The molecule has 14 heteroatoms. The third kappa shape index (κ3) is 5.38. The van der Waals surface area contributed by atoms with E-state index in [1.54, 1.807) is 0 Å². The van der Waals surface area contributed by atoms with Gasteiger partial charge in [-0.15, -0.1) is 0 Å². The van der Waals surface area contributed by atoms with Crippen LogP contribution in [0.1, 0.15) is 13.8 Å². The van der Waals surface area contributed by atoms with Gasteiger partial charge in [0.15, 0.2) is 25.0 Å². The zero-order chi connectivity index (χ0) is 23.7. The molecule has 0 bridgehead atoms. The minimum Gasteiger partial charge on any atom is -0.457 e. The van der Waals surface area contributed by atoms with E-state index in [9.17, 15) is 40.5 Å². The van der Waals surface area contributed by atoms with Crippen LogP contribution in [0.15, 0.2) is 0 Å². The van der Waals surface area contributed by atoms with Crippen molar-refractivity contribution >= 4 is 5.97 Å². The number of aliphatic hydroxyl groups is 7. The Balaban J connectivity index is 1.61. The first kappa shape index (κ1) is 25.6. The number of ether oxygens (including phenoxy) is 6. The van der Waals surface area contributed by atoms with E-state index in [0.717, 1.165) is 6.92 Å². The second kappa shape index (κ2) is 10.5. The summed E-state index contributed by atoms with van der Waals surface area (Å²) in [5.74, 6) is -0.672. The summed E-state index contributed by atoms with van der Waals surface area (Å²) in [6.07, 6.45) is -18.7. The highest BCUT2D eigenvalue weighted by Gasteiger charge is 2.50. The zero-order valence-corrected chi connectivity index (χ0v) is 17.4. The lowest BCUT2D eigenvalue weighted by atomic mass is 9.98. The first-order chi connectivity index (χ1) is 15.0. The lowest BCUT2D eigenvalue weighted by molar-refractivity contribution is -0.367. The molecule has 32 heavy (non-hydrogen) atoms. The van der Waals surface area contributed by atoms with Crippen molar-refractivity contribution in [3.05, 3.63) is 0 Å². The topological polar surface area (TPSA) is 214 Å². The second-order valence-corrected chi connectivity index (χ2v) is 8.00. The van der Waals surface area contributed by atoms with Gasteiger partial charge in [0.25, 0.3) is 0 Å². The number of carbonyl (C=O) groups excluding carboxylic acids is 1. The number of rotatable bonds is 5. The van der Waals surface area contributed by atoms with Gasteiger partial charge in [-0.2, -0.15) is 0 Å². The molecule has 13 atom stereocenters. The van der Waals surface area contributed by atoms with E-state index in [2.05, 4.69) is 0 Å². The van der Waals surface area contributed by atoms with Crippen LogP contribution in [0.4, 0.5) is 0 Å². The predicted molar refractivity (Wildman–Crippen MR) is 97.4 cm³/mol. The van der Waals surface area contributed by atoms with Gasteiger partial charge in [-0.05, 0) is 6.92 Å². The number of hydrogen-bond donors (Lipinski definition) is 7. The van der Waals surface area contributed by atoms with Crippen LogP contribution in [0, 0.1) is 0 Å². The van der Waals surface area contributed by atoms with Crippen molar-refractivity contribution in [2.24, 2.45) is 0 Å². The summed E-state index contributed by atoms with van der Waals surface area (Å²) in [5.41, 5.74) is 0. The molecule has 3 fully saturated rings. The Labute approximate surface area is 182 Å². The van der Waals surface area contributed by atoms with Gasteiger partial charge in [0.1, 0.15) is 48.8 Å². The fourth-order valence-electron chi connectivity index (χ4n) is 3.75. The van der Waals surface area contributed by atoms with Crippen LogP contribution < -0.4 is 0 Å². The molecule has 7 N–H and O–H groups in total. The van der Waals surface area contributed by atoms with Crippen LogP contribution in [0.25, 0.3) is 0 Å². The summed E-state index contributed by atoms with van der Waals surface area (Å²) in [5, 5.41) is 70.9. The molecule has 0 amide bonds. The monoisotopic (exact) mass is 470 g/mol. The predicted octanol–water partition coefficient (Wildman–Crippen LogP) is -4.70. The molecule has 186 valence electrons. The number of esters is 1. The molecule has 3 heterocycles. The van der Waals surface area contributed by atoms with Gasteiger partial charge in [0, 0.05) is 6.92 Å². The molecule has 3 saturated heterocycles. The fourth-order valence-corrected chi connectivity index (χ4v) is 3.75. The average molecular weight is 470 g/mol. The normalized spacial score (nSPS) is 50.1. The van der Waals surface area contributed by atoms with Crippen LogP contribution in [0.5, 0.6) is 0 Å². The molecular weight excluding hydrogens is 440 g/mol. The smallest absolute Gasteiger partial charge is 0.303 e. The molecule has 0 aliphatic carbocycles. The molecule has 0 aromatic heterocycles. The fraction of sp³-hybridized carbons (Fsp3) is 0.944. The first-order valence-electron chi connectivity index (χ1n) is 10.1. The maximum atomic E-state index is 11.1. The minimum atomic E-state index is -1.73. The van der Waals surface area contributed by atoms with Crippen molar-refractivity contribution in [1.82, 2.24) is 0 Å². The van der Waals surface area contributed by atoms with Gasteiger partial charge in [-0.1, -0.05) is 0 Å². The molecule has 3 aliphatic rings. The van der Waals surface area contributed by atoms with Crippen LogP contribution >= 0.6 is 0 Å². The van der Waals surface area contributed by atoms with E-state index in [-0.39, 0.29) is 13.2 Å². The quantitative estimate of drug-likeness (QED) is 0.188. The van der Waals surface area contributed by atoms with E-state index >= 15 is 0 Å². The second-order valence-electron chi connectivity index (χ2n) is 8.00. The summed E-state index contributed by atoms with van der Waals surface area (Å²) in [6.45, 7) is 1.99. The first-order valence-corrected chi connectivity index (χ1v) is 10.1. The van der Waals surface area contributed by atoms with Crippen LogP contribution in [0.2, 0.25) is 0 Å². The van der Waals surface area contributed by atoms with Crippen molar-refractivity contribution in [3.8, 4) is 0 Å².